The molecule has 4 rings (SSSR count). The number of nitrogens with zero attached hydrogens (tertiary/aromatic N) is 1. The monoisotopic (exact) mass is 280 g/mol. The third-order valence-corrected chi connectivity index (χ3v) is 5.33. The van der Waals surface area contributed by atoms with Gasteiger partial charge in [0.15, 0.2) is 0 Å². The molecule has 0 bridgehead atoms. The molecule has 2 aromatic rings. The molecule has 108 valence electrons. The molecule has 2 saturated carbocycles. The average molecular weight is 280 g/mol. The van der Waals surface area contributed by atoms with Gasteiger partial charge in [0.1, 0.15) is 0 Å². The van der Waals surface area contributed by atoms with Crippen LogP contribution in [0.3, 0.4) is 0 Å². The van der Waals surface area contributed by atoms with Crippen LogP contribution in [0.1, 0.15) is 42.5 Å². The van der Waals surface area contributed by atoms with Crippen molar-refractivity contribution in [2.24, 2.45) is 11.8 Å². The van der Waals surface area contributed by atoms with Crippen LogP contribution in [0.4, 0.5) is 0 Å². The van der Waals surface area contributed by atoms with Crippen LogP contribution in [0.25, 0.3) is 10.8 Å². The first-order valence-electron chi connectivity index (χ1n) is 7.96. The SMILES string of the molecule is O=C(N[C@@H]1CC[C@H]2CCC[C@H]21)c1cccc2cnccc12. The van der Waals surface area contributed by atoms with E-state index in [-0.39, 0.29) is 5.91 Å². The predicted molar refractivity (Wildman–Crippen MR) is 83.1 cm³/mol. The number of carbonyl (C=O) groups excluding carboxylic acids is 1. The standard InChI is InChI=1S/C18H20N2O/c21-18(20-17-8-7-12-3-1-5-15(12)17)16-6-2-4-13-11-19-10-9-14(13)16/h2,4,6,9-12,15,17H,1,3,5,7-8H2,(H,20,21)/t12-,15-,17-/m1/s1. The van der Waals surface area contributed by atoms with Crippen LogP contribution in [0.2, 0.25) is 0 Å². The molecule has 3 atom stereocenters. The molecule has 3 heteroatoms. The molecule has 1 aromatic carbocycles. The molecule has 0 spiro atoms. The van der Waals surface area contributed by atoms with Crippen molar-refractivity contribution in [3.05, 3.63) is 42.2 Å². The smallest absolute Gasteiger partial charge is 0.252 e. The van der Waals surface area contributed by atoms with Gasteiger partial charge in [-0.2, -0.15) is 0 Å². The molecule has 1 amide bonds. The van der Waals surface area contributed by atoms with Crippen molar-refractivity contribution in [3.8, 4) is 0 Å². The lowest BCUT2D eigenvalue weighted by Crippen LogP contribution is -2.37. The minimum absolute atomic E-state index is 0.0735. The van der Waals surface area contributed by atoms with Crippen molar-refractivity contribution < 1.29 is 4.79 Å². The first-order chi connectivity index (χ1) is 10.3. The van der Waals surface area contributed by atoms with Gasteiger partial charge in [-0.1, -0.05) is 25.0 Å². The lowest BCUT2D eigenvalue weighted by Gasteiger charge is -2.20. The summed E-state index contributed by atoms with van der Waals surface area (Å²) in [5.41, 5.74) is 0.774. The number of fused-ring (bicyclic) bond motifs is 2. The summed E-state index contributed by atoms with van der Waals surface area (Å²) >= 11 is 0. The maximum Gasteiger partial charge on any atom is 0.252 e. The number of pyridine rings is 1. The number of hydrogen-bond donors (Lipinski definition) is 1. The van der Waals surface area contributed by atoms with Crippen LogP contribution in [0.15, 0.2) is 36.7 Å². The van der Waals surface area contributed by atoms with Crippen LogP contribution in [-0.2, 0) is 0 Å². The van der Waals surface area contributed by atoms with Gasteiger partial charge in [0.25, 0.3) is 5.91 Å². The molecule has 2 aliphatic rings. The zero-order chi connectivity index (χ0) is 14.2. The Morgan fingerprint density at radius 3 is 3.05 bits per heavy atom. The van der Waals surface area contributed by atoms with E-state index in [2.05, 4.69) is 10.3 Å². The Morgan fingerprint density at radius 2 is 2.10 bits per heavy atom. The second-order valence-corrected chi connectivity index (χ2v) is 6.41. The Hall–Kier alpha value is -1.90. The van der Waals surface area contributed by atoms with Crippen LogP contribution in [-0.4, -0.2) is 16.9 Å². The number of rotatable bonds is 2. The third kappa shape index (κ3) is 2.21. The molecular formula is C18H20N2O. The van der Waals surface area contributed by atoms with Crippen LogP contribution < -0.4 is 5.32 Å². The number of benzene rings is 1. The quantitative estimate of drug-likeness (QED) is 0.914. The zero-order valence-electron chi connectivity index (χ0n) is 12.1. The molecule has 21 heavy (non-hydrogen) atoms. The fourth-order valence-electron chi connectivity index (χ4n) is 4.31. The normalized spacial score (nSPS) is 27.7. The highest BCUT2D eigenvalue weighted by Gasteiger charge is 2.39. The van der Waals surface area contributed by atoms with E-state index in [0.29, 0.717) is 12.0 Å². The molecule has 0 radical (unpaired) electrons. The molecule has 0 aliphatic heterocycles. The lowest BCUT2D eigenvalue weighted by atomic mass is 9.97. The van der Waals surface area contributed by atoms with Gasteiger partial charge < -0.3 is 5.32 Å². The van der Waals surface area contributed by atoms with Crippen molar-refractivity contribution in [3.63, 3.8) is 0 Å². The van der Waals surface area contributed by atoms with Gasteiger partial charge >= 0.3 is 0 Å². The topological polar surface area (TPSA) is 42.0 Å². The Kier molecular flexibility index (Phi) is 3.13. The molecule has 2 fully saturated rings. The van der Waals surface area contributed by atoms with Gasteiger partial charge in [0, 0.05) is 29.4 Å². The van der Waals surface area contributed by atoms with Crippen molar-refractivity contribution >= 4 is 16.7 Å². The van der Waals surface area contributed by atoms with E-state index >= 15 is 0 Å². The molecule has 0 saturated heterocycles. The molecule has 0 unspecified atom stereocenters. The van der Waals surface area contributed by atoms with Crippen LogP contribution in [0, 0.1) is 11.8 Å². The van der Waals surface area contributed by atoms with Gasteiger partial charge in [-0.15, -0.1) is 0 Å². The van der Waals surface area contributed by atoms with E-state index in [4.69, 9.17) is 0 Å². The third-order valence-electron chi connectivity index (χ3n) is 5.33. The fraction of sp³-hybridized carbons (Fsp3) is 0.444. The maximum absolute atomic E-state index is 12.7. The van der Waals surface area contributed by atoms with Gasteiger partial charge in [-0.05, 0) is 48.6 Å². The van der Waals surface area contributed by atoms with Crippen molar-refractivity contribution in [1.29, 1.82) is 0 Å². The molecule has 2 aliphatic carbocycles. The average Bonchev–Trinajstić information content (AvgIpc) is 3.12. The molecule has 1 aromatic heterocycles. The van der Waals surface area contributed by atoms with Crippen molar-refractivity contribution in [2.45, 2.75) is 38.1 Å². The Bertz CT molecular complexity index is 676. The highest BCUT2D eigenvalue weighted by molar-refractivity contribution is 6.06. The lowest BCUT2D eigenvalue weighted by molar-refractivity contribution is 0.0928. The predicted octanol–water partition coefficient (Wildman–Crippen LogP) is 3.54. The van der Waals surface area contributed by atoms with Gasteiger partial charge in [0.05, 0.1) is 0 Å². The van der Waals surface area contributed by atoms with E-state index < -0.39 is 0 Å². The summed E-state index contributed by atoms with van der Waals surface area (Å²) in [4.78, 5) is 16.8. The number of hydrogen-bond acceptors (Lipinski definition) is 2. The Labute approximate surface area is 124 Å². The van der Waals surface area contributed by atoms with E-state index in [0.717, 1.165) is 28.7 Å². The zero-order valence-corrected chi connectivity index (χ0v) is 12.1. The van der Waals surface area contributed by atoms with E-state index in [9.17, 15) is 4.79 Å². The molecule has 1 N–H and O–H groups in total. The molecular weight excluding hydrogens is 260 g/mol. The molecule has 3 nitrogen and oxygen atoms in total. The largest absolute Gasteiger partial charge is 0.349 e. The summed E-state index contributed by atoms with van der Waals surface area (Å²) in [5, 5.41) is 5.31. The first kappa shape index (κ1) is 12.8. The van der Waals surface area contributed by atoms with Crippen molar-refractivity contribution in [2.75, 3.05) is 0 Å². The van der Waals surface area contributed by atoms with E-state index in [1.54, 1.807) is 6.20 Å². The highest BCUT2D eigenvalue weighted by Crippen LogP contribution is 2.44. The molecule has 1 heterocycles. The summed E-state index contributed by atoms with van der Waals surface area (Å²) in [6.45, 7) is 0. The Morgan fingerprint density at radius 1 is 1.14 bits per heavy atom. The maximum atomic E-state index is 12.7. The van der Waals surface area contributed by atoms with Crippen molar-refractivity contribution in [1.82, 2.24) is 10.3 Å². The van der Waals surface area contributed by atoms with Gasteiger partial charge in [0.2, 0.25) is 0 Å². The second-order valence-electron chi connectivity index (χ2n) is 6.41. The number of amides is 1. The summed E-state index contributed by atoms with van der Waals surface area (Å²) in [6, 6.07) is 8.16. The van der Waals surface area contributed by atoms with Gasteiger partial charge in [-0.25, -0.2) is 0 Å². The minimum Gasteiger partial charge on any atom is -0.349 e. The van der Waals surface area contributed by atoms with Crippen LogP contribution in [0.5, 0.6) is 0 Å². The minimum atomic E-state index is 0.0735. The summed E-state index contributed by atoms with van der Waals surface area (Å²) < 4.78 is 0. The summed E-state index contributed by atoms with van der Waals surface area (Å²) in [6.07, 6.45) is 9.98. The van der Waals surface area contributed by atoms with E-state index in [1.165, 1.54) is 25.7 Å². The number of aromatic nitrogens is 1. The van der Waals surface area contributed by atoms with Crippen LogP contribution >= 0.6 is 0 Å². The summed E-state index contributed by atoms with van der Waals surface area (Å²) in [7, 11) is 0. The summed E-state index contributed by atoms with van der Waals surface area (Å²) in [5.74, 6) is 1.64. The second kappa shape index (κ2) is 5.14. The van der Waals surface area contributed by atoms with E-state index in [1.807, 2.05) is 30.5 Å². The number of carbonyl (C=O) groups is 1. The fourth-order valence-corrected chi connectivity index (χ4v) is 4.31. The first-order valence-corrected chi connectivity index (χ1v) is 7.96. The Balaban J connectivity index is 1.59. The number of nitrogens with one attached hydrogen (secondary N) is 1. The highest BCUT2D eigenvalue weighted by atomic mass is 16.1. The van der Waals surface area contributed by atoms with Gasteiger partial charge in [-0.3, -0.25) is 9.78 Å².